The largest absolute Gasteiger partial charge is 0.480 e. The Morgan fingerprint density at radius 1 is 1.12 bits per heavy atom. The summed E-state index contributed by atoms with van der Waals surface area (Å²) in [7, 11) is 0. The van der Waals surface area contributed by atoms with E-state index in [4.69, 9.17) is 0 Å². The minimum Gasteiger partial charge on any atom is -0.480 e. The van der Waals surface area contributed by atoms with Crippen LogP contribution in [-0.2, 0) is 22.4 Å². The molecule has 0 heterocycles. The molecule has 0 fully saturated rings. The molecule has 1 amide bonds. The van der Waals surface area contributed by atoms with Crippen molar-refractivity contribution in [2.75, 3.05) is 0 Å². The number of carboxylic acids is 1. The summed E-state index contributed by atoms with van der Waals surface area (Å²) in [5, 5.41) is 11.7. The van der Waals surface area contributed by atoms with Crippen molar-refractivity contribution in [2.45, 2.75) is 18.9 Å². The smallest absolute Gasteiger partial charge is 0.326 e. The van der Waals surface area contributed by atoms with Crippen LogP contribution in [0.3, 0.4) is 0 Å². The molecule has 0 unspecified atom stereocenters. The molecule has 0 saturated heterocycles. The number of hydrogen-bond acceptors (Lipinski definition) is 2. The van der Waals surface area contributed by atoms with Crippen molar-refractivity contribution in [2.24, 2.45) is 0 Å². The van der Waals surface area contributed by atoms with Crippen LogP contribution in [0.15, 0.2) is 42.5 Å². The van der Waals surface area contributed by atoms with Crippen LogP contribution < -0.4 is 5.32 Å². The van der Waals surface area contributed by atoms with Gasteiger partial charge in [0.1, 0.15) is 6.04 Å². The number of carboxylic acid groups (broad SMARTS) is 1. The van der Waals surface area contributed by atoms with Crippen molar-refractivity contribution in [3.8, 4) is 0 Å². The van der Waals surface area contributed by atoms with Crippen molar-refractivity contribution < 1.29 is 23.5 Å². The lowest BCUT2D eigenvalue weighted by molar-refractivity contribution is -0.141. The van der Waals surface area contributed by atoms with Crippen LogP contribution in [0.2, 0.25) is 0 Å². The van der Waals surface area contributed by atoms with Crippen molar-refractivity contribution >= 4 is 34.5 Å². The van der Waals surface area contributed by atoms with Gasteiger partial charge in [-0.15, -0.1) is 0 Å². The zero-order valence-electron chi connectivity index (χ0n) is 12.4. The normalized spacial score (nSPS) is 11.8. The predicted octanol–water partition coefficient (Wildman–Crippen LogP) is 2.92. The lowest BCUT2D eigenvalue weighted by atomic mass is 10.1. The van der Waals surface area contributed by atoms with E-state index in [1.165, 1.54) is 6.07 Å². The van der Waals surface area contributed by atoms with Crippen LogP contribution in [0.25, 0.3) is 0 Å². The van der Waals surface area contributed by atoms with E-state index in [1.54, 1.807) is 12.1 Å². The first-order valence-corrected chi connectivity index (χ1v) is 8.14. The van der Waals surface area contributed by atoms with E-state index in [1.807, 2.05) is 12.1 Å². The summed E-state index contributed by atoms with van der Waals surface area (Å²) in [5.74, 6) is -3.78. The summed E-state index contributed by atoms with van der Waals surface area (Å²) in [6.07, 6.45) is -0.0924. The number of aliphatic carboxylic acids is 1. The molecule has 0 aromatic heterocycles. The van der Waals surface area contributed by atoms with E-state index in [0.29, 0.717) is 0 Å². The first-order valence-electron chi connectivity index (χ1n) is 7.06. The first kappa shape index (κ1) is 18.3. The number of halogens is 3. The number of hydrogen-bond donors (Lipinski definition) is 2. The second-order valence-corrected chi connectivity index (χ2v) is 6.34. The summed E-state index contributed by atoms with van der Waals surface area (Å²) < 4.78 is 26.9. The van der Waals surface area contributed by atoms with Crippen molar-refractivity contribution in [1.82, 2.24) is 5.32 Å². The van der Waals surface area contributed by atoms with Crippen molar-refractivity contribution in [1.29, 1.82) is 0 Å². The molecule has 0 aliphatic heterocycles. The Morgan fingerprint density at radius 3 is 2.46 bits per heavy atom. The van der Waals surface area contributed by atoms with Crippen LogP contribution in [0, 0.1) is 15.2 Å². The SMILES string of the molecule is O=C(Cc1ccc(F)c(F)c1)N[C@@H](Cc1ccccc1I)C(=O)O. The molecular weight excluding hydrogens is 431 g/mol. The molecule has 0 aliphatic rings. The van der Waals surface area contributed by atoms with E-state index in [-0.39, 0.29) is 18.4 Å². The van der Waals surface area contributed by atoms with Crippen LogP contribution in [-0.4, -0.2) is 23.0 Å². The van der Waals surface area contributed by atoms with E-state index < -0.39 is 29.6 Å². The molecule has 7 heteroatoms. The molecule has 126 valence electrons. The van der Waals surface area contributed by atoms with E-state index in [9.17, 15) is 23.5 Å². The maximum absolute atomic E-state index is 13.2. The molecule has 0 radical (unpaired) electrons. The third-order valence-electron chi connectivity index (χ3n) is 3.36. The summed E-state index contributed by atoms with van der Waals surface area (Å²) >= 11 is 2.09. The van der Waals surface area contributed by atoms with Gasteiger partial charge in [-0.25, -0.2) is 13.6 Å². The fourth-order valence-corrected chi connectivity index (χ4v) is 2.77. The monoisotopic (exact) mass is 445 g/mol. The Labute approximate surface area is 151 Å². The van der Waals surface area contributed by atoms with Crippen LogP contribution in [0.5, 0.6) is 0 Å². The lowest BCUT2D eigenvalue weighted by Gasteiger charge is -2.15. The molecule has 0 bridgehead atoms. The average Bonchev–Trinajstić information content (AvgIpc) is 2.52. The first-order chi connectivity index (χ1) is 11.4. The number of amides is 1. The predicted molar refractivity (Wildman–Crippen MR) is 92.5 cm³/mol. The zero-order chi connectivity index (χ0) is 17.7. The highest BCUT2D eigenvalue weighted by Gasteiger charge is 2.21. The second-order valence-electron chi connectivity index (χ2n) is 5.18. The molecule has 2 aromatic rings. The van der Waals surface area contributed by atoms with Gasteiger partial charge in [0.05, 0.1) is 6.42 Å². The summed E-state index contributed by atoms with van der Waals surface area (Å²) in [5.41, 5.74) is 1.07. The third kappa shape index (κ3) is 4.98. The Morgan fingerprint density at radius 2 is 1.83 bits per heavy atom. The summed E-state index contributed by atoms with van der Waals surface area (Å²) in [6.45, 7) is 0. The van der Waals surface area contributed by atoms with Gasteiger partial charge in [0.2, 0.25) is 5.91 Å². The van der Waals surface area contributed by atoms with Crippen LogP contribution in [0.1, 0.15) is 11.1 Å². The van der Waals surface area contributed by atoms with Crippen LogP contribution in [0.4, 0.5) is 8.78 Å². The summed E-state index contributed by atoms with van der Waals surface area (Å²) in [6, 6.07) is 9.30. The Hall–Kier alpha value is -2.03. The topological polar surface area (TPSA) is 66.4 Å². The molecule has 1 atom stereocenters. The standard InChI is InChI=1S/C17H14F2INO3/c18-12-6-5-10(7-13(12)19)8-16(22)21-15(17(23)24)9-11-3-1-2-4-14(11)20/h1-7,15H,8-9H2,(H,21,22)(H,23,24)/t15-/m0/s1. The molecular formula is C17H14F2INO3. The molecule has 2 aromatic carbocycles. The number of benzene rings is 2. The molecule has 2 N–H and O–H groups in total. The van der Waals surface area contributed by atoms with Gasteiger partial charge in [0, 0.05) is 9.99 Å². The Kier molecular flexibility index (Phi) is 6.24. The van der Waals surface area contributed by atoms with Crippen LogP contribution >= 0.6 is 22.6 Å². The van der Waals surface area contributed by atoms with E-state index in [2.05, 4.69) is 27.9 Å². The van der Waals surface area contributed by atoms with Gasteiger partial charge in [-0.3, -0.25) is 4.79 Å². The number of carbonyl (C=O) groups is 2. The molecule has 0 spiro atoms. The Balaban J connectivity index is 2.04. The summed E-state index contributed by atoms with van der Waals surface area (Å²) in [4.78, 5) is 23.4. The van der Waals surface area contributed by atoms with Crippen molar-refractivity contribution in [3.05, 3.63) is 68.8 Å². The average molecular weight is 445 g/mol. The molecule has 2 rings (SSSR count). The van der Waals surface area contributed by atoms with E-state index in [0.717, 1.165) is 21.3 Å². The molecule has 0 aliphatic carbocycles. The van der Waals surface area contributed by atoms with Gasteiger partial charge in [-0.05, 0) is 51.9 Å². The fourth-order valence-electron chi connectivity index (χ4n) is 2.16. The minimum absolute atomic E-state index is 0.137. The lowest BCUT2D eigenvalue weighted by Crippen LogP contribution is -2.43. The highest BCUT2D eigenvalue weighted by atomic mass is 127. The minimum atomic E-state index is -1.16. The van der Waals surface area contributed by atoms with Crippen molar-refractivity contribution in [3.63, 3.8) is 0 Å². The number of nitrogens with one attached hydrogen (secondary N) is 1. The zero-order valence-corrected chi connectivity index (χ0v) is 14.6. The van der Waals surface area contributed by atoms with Gasteiger partial charge in [-0.2, -0.15) is 0 Å². The van der Waals surface area contributed by atoms with Gasteiger partial charge in [-0.1, -0.05) is 24.3 Å². The van der Waals surface area contributed by atoms with Gasteiger partial charge in [0.25, 0.3) is 0 Å². The maximum Gasteiger partial charge on any atom is 0.326 e. The van der Waals surface area contributed by atoms with Gasteiger partial charge < -0.3 is 10.4 Å². The quantitative estimate of drug-likeness (QED) is 0.673. The van der Waals surface area contributed by atoms with E-state index >= 15 is 0 Å². The third-order valence-corrected chi connectivity index (χ3v) is 4.42. The van der Waals surface area contributed by atoms with Gasteiger partial charge >= 0.3 is 5.97 Å². The highest BCUT2D eigenvalue weighted by molar-refractivity contribution is 14.1. The molecule has 24 heavy (non-hydrogen) atoms. The maximum atomic E-state index is 13.2. The number of rotatable bonds is 6. The fraction of sp³-hybridized carbons (Fsp3) is 0.176. The molecule has 4 nitrogen and oxygen atoms in total. The highest BCUT2D eigenvalue weighted by Crippen LogP contribution is 2.14. The Bertz CT molecular complexity index is 767. The second kappa shape index (κ2) is 8.18. The molecule has 0 saturated carbocycles. The number of carbonyl (C=O) groups excluding carboxylic acids is 1. The van der Waals surface area contributed by atoms with Gasteiger partial charge in [0.15, 0.2) is 11.6 Å².